The lowest BCUT2D eigenvalue weighted by Crippen LogP contribution is -2.31. The number of hydrogen-bond donors (Lipinski definition) is 1. The fraction of sp³-hybridized carbons (Fsp3) is 0.350. The molecule has 0 bridgehead atoms. The first-order valence-electron chi connectivity index (χ1n) is 8.97. The molecule has 2 rings (SSSR count). The molecule has 1 N–H and O–H groups in total. The molecule has 0 fully saturated rings. The van der Waals surface area contributed by atoms with Gasteiger partial charge in [-0.2, -0.15) is 0 Å². The molecular weight excluding hydrogens is 460 g/mol. The number of carbonyl (C=O) groups is 1. The van der Waals surface area contributed by atoms with Gasteiger partial charge in [-0.25, -0.2) is 13.1 Å². The second-order valence-corrected chi connectivity index (χ2v) is 9.04. The molecule has 0 aliphatic carbocycles. The van der Waals surface area contributed by atoms with Crippen molar-refractivity contribution in [3.8, 4) is 5.75 Å². The average molecular weight is 485 g/mol. The normalized spacial score (nSPS) is 11.3. The molecule has 1 amide bonds. The highest BCUT2D eigenvalue weighted by Crippen LogP contribution is 2.22. The van der Waals surface area contributed by atoms with E-state index >= 15 is 0 Å². The van der Waals surface area contributed by atoms with Gasteiger partial charge in [0.25, 0.3) is 5.91 Å². The minimum absolute atomic E-state index is 0.0180. The Labute approximate surface area is 180 Å². The monoisotopic (exact) mass is 484 g/mol. The van der Waals surface area contributed by atoms with Gasteiger partial charge in [-0.15, -0.1) is 0 Å². The second-order valence-electron chi connectivity index (χ2n) is 6.42. The molecule has 0 saturated carbocycles. The second kappa shape index (κ2) is 10.7. The number of rotatable bonds is 10. The summed E-state index contributed by atoms with van der Waals surface area (Å²) >= 11 is 3.33. The van der Waals surface area contributed by atoms with Gasteiger partial charge in [0.1, 0.15) is 12.4 Å². The lowest BCUT2D eigenvalue weighted by Gasteiger charge is -2.19. The van der Waals surface area contributed by atoms with E-state index in [0.29, 0.717) is 17.6 Å². The van der Waals surface area contributed by atoms with Crippen LogP contribution in [-0.2, 0) is 14.8 Å². The van der Waals surface area contributed by atoms with Crippen LogP contribution in [0.2, 0.25) is 0 Å². The molecule has 2 aromatic rings. The third kappa shape index (κ3) is 6.81. The van der Waals surface area contributed by atoms with Crippen LogP contribution in [0.25, 0.3) is 0 Å². The number of ether oxygens (including phenoxy) is 2. The number of hydrogen-bond acceptors (Lipinski definition) is 5. The van der Waals surface area contributed by atoms with E-state index in [1.165, 1.54) is 24.1 Å². The van der Waals surface area contributed by atoms with Gasteiger partial charge in [-0.3, -0.25) is 4.79 Å². The molecule has 0 radical (unpaired) electrons. The zero-order valence-corrected chi connectivity index (χ0v) is 19.0. The standard InChI is InChI=1S/C20H25BrN2O5S/c1-15-4-6-16(7-5-15)28-13-11-23(2)20(24)18-14-17(8-9-19(18)21)29(25,26)22-10-12-27-3/h4-9,14,22H,10-13H2,1-3H3. The van der Waals surface area contributed by atoms with Gasteiger partial charge in [0.05, 0.1) is 23.6 Å². The van der Waals surface area contributed by atoms with Crippen LogP contribution < -0.4 is 9.46 Å². The van der Waals surface area contributed by atoms with Gasteiger partial charge in [-0.05, 0) is 53.2 Å². The Morgan fingerprint density at radius 1 is 1.14 bits per heavy atom. The number of halogens is 1. The molecule has 0 aliphatic heterocycles. The summed E-state index contributed by atoms with van der Waals surface area (Å²) in [4.78, 5) is 14.3. The molecule has 0 spiro atoms. The lowest BCUT2D eigenvalue weighted by molar-refractivity contribution is 0.0772. The van der Waals surface area contributed by atoms with Gasteiger partial charge >= 0.3 is 0 Å². The summed E-state index contributed by atoms with van der Waals surface area (Å²) < 4.78 is 38.2. The summed E-state index contributed by atoms with van der Waals surface area (Å²) in [5.74, 6) is 0.422. The summed E-state index contributed by atoms with van der Waals surface area (Å²) in [6, 6.07) is 12.0. The molecule has 0 unspecified atom stereocenters. The van der Waals surface area contributed by atoms with Crippen molar-refractivity contribution in [2.45, 2.75) is 11.8 Å². The Morgan fingerprint density at radius 2 is 1.83 bits per heavy atom. The maximum absolute atomic E-state index is 12.8. The first kappa shape index (κ1) is 23.3. The van der Waals surface area contributed by atoms with Crippen LogP contribution in [-0.4, -0.2) is 59.7 Å². The molecule has 0 saturated heterocycles. The predicted molar refractivity (Wildman–Crippen MR) is 115 cm³/mol. The minimum Gasteiger partial charge on any atom is -0.492 e. The predicted octanol–water partition coefficient (Wildman–Crippen LogP) is 2.83. The summed E-state index contributed by atoms with van der Waals surface area (Å²) in [6.07, 6.45) is 0. The highest BCUT2D eigenvalue weighted by Gasteiger charge is 2.20. The summed E-state index contributed by atoms with van der Waals surface area (Å²) in [5.41, 5.74) is 1.40. The summed E-state index contributed by atoms with van der Waals surface area (Å²) in [5, 5.41) is 0. The SMILES string of the molecule is COCCNS(=O)(=O)c1ccc(Br)c(C(=O)N(C)CCOc2ccc(C)cc2)c1. The number of likely N-dealkylation sites (N-methyl/N-ethyl adjacent to an activating group) is 1. The molecule has 0 heterocycles. The molecule has 2 aromatic carbocycles. The molecule has 7 nitrogen and oxygen atoms in total. The highest BCUT2D eigenvalue weighted by molar-refractivity contribution is 9.10. The average Bonchev–Trinajstić information content (AvgIpc) is 2.69. The van der Waals surface area contributed by atoms with Crippen LogP contribution in [0.3, 0.4) is 0 Å². The van der Waals surface area contributed by atoms with Crippen LogP contribution in [0, 0.1) is 6.92 Å². The Morgan fingerprint density at radius 3 is 2.48 bits per heavy atom. The van der Waals surface area contributed by atoms with Crippen molar-refractivity contribution in [2.75, 3.05) is 40.5 Å². The van der Waals surface area contributed by atoms with Crippen molar-refractivity contribution in [1.29, 1.82) is 0 Å². The fourth-order valence-electron chi connectivity index (χ4n) is 2.44. The largest absolute Gasteiger partial charge is 0.492 e. The molecule has 0 aliphatic rings. The Balaban J connectivity index is 2.03. The maximum atomic E-state index is 12.8. The third-order valence-electron chi connectivity index (χ3n) is 4.14. The van der Waals surface area contributed by atoms with E-state index in [0.717, 1.165) is 11.3 Å². The Kier molecular flexibility index (Phi) is 8.63. The van der Waals surface area contributed by atoms with E-state index in [1.807, 2.05) is 31.2 Å². The van der Waals surface area contributed by atoms with Gasteiger partial charge in [-0.1, -0.05) is 17.7 Å². The number of amides is 1. The number of nitrogens with zero attached hydrogens (tertiary/aromatic N) is 1. The number of benzene rings is 2. The van der Waals surface area contributed by atoms with Crippen LogP contribution in [0.5, 0.6) is 5.75 Å². The molecular formula is C20H25BrN2O5S. The Hall–Kier alpha value is -1.94. The van der Waals surface area contributed by atoms with Gasteiger partial charge in [0.15, 0.2) is 0 Å². The first-order chi connectivity index (χ1) is 13.7. The van der Waals surface area contributed by atoms with E-state index in [1.54, 1.807) is 13.1 Å². The van der Waals surface area contributed by atoms with Crippen LogP contribution in [0.15, 0.2) is 51.8 Å². The zero-order chi connectivity index (χ0) is 21.4. The van der Waals surface area contributed by atoms with E-state index in [4.69, 9.17) is 9.47 Å². The van der Waals surface area contributed by atoms with Gasteiger partial charge in [0, 0.05) is 25.2 Å². The number of aryl methyl sites for hydroxylation is 1. The van der Waals surface area contributed by atoms with Crippen molar-refractivity contribution < 1.29 is 22.7 Å². The molecule has 9 heteroatoms. The topological polar surface area (TPSA) is 84.9 Å². The zero-order valence-electron chi connectivity index (χ0n) is 16.6. The van der Waals surface area contributed by atoms with Crippen molar-refractivity contribution in [1.82, 2.24) is 9.62 Å². The number of sulfonamides is 1. The number of methoxy groups -OCH3 is 1. The number of carbonyl (C=O) groups excluding carboxylic acids is 1. The molecule has 0 aromatic heterocycles. The van der Waals surface area contributed by atoms with Gasteiger partial charge in [0.2, 0.25) is 10.0 Å². The smallest absolute Gasteiger partial charge is 0.254 e. The maximum Gasteiger partial charge on any atom is 0.254 e. The van der Waals surface area contributed by atoms with Crippen LogP contribution >= 0.6 is 15.9 Å². The highest BCUT2D eigenvalue weighted by atomic mass is 79.9. The van der Waals surface area contributed by atoms with E-state index < -0.39 is 10.0 Å². The quantitative estimate of drug-likeness (QED) is 0.524. The van der Waals surface area contributed by atoms with Gasteiger partial charge < -0.3 is 14.4 Å². The molecule has 0 atom stereocenters. The fourth-order valence-corrected chi connectivity index (χ4v) is 3.89. The molecule has 29 heavy (non-hydrogen) atoms. The van der Waals surface area contributed by atoms with Crippen LogP contribution in [0.1, 0.15) is 15.9 Å². The summed E-state index contributed by atoms with van der Waals surface area (Å²) in [7, 11) is -0.600. The number of nitrogens with one attached hydrogen (secondary N) is 1. The Bertz CT molecular complexity index is 932. The van der Waals surface area contributed by atoms with Crippen molar-refractivity contribution in [2.24, 2.45) is 0 Å². The van der Waals surface area contributed by atoms with E-state index in [2.05, 4.69) is 20.7 Å². The summed E-state index contributed by atoms with van der Waals surface area (Å²) in [6.45, 7) is 3.07. The van der Waals surface area contributed by atoms with Crippen molar-refractivity contribution in [3.63, 3.8) is 0 Å². The third-order valence-corrected chi connectivity index (χ3v) is 6.29. The first-order valence-corrected chi connectivity index (χ1v) is 11.3. The van der Waals surface area contributed by atoms with Crippen molar-refractivity contribution in [3.05, 3.63) is 58.1 Å². The van der Waals surface area contributed by atoms with E-state index in [-0.39, 0.29) is 29.5 Å². The van der Waals surface area contributed by atoms with E-state index in [9.17, 15) is 13.2 Å². The minimum atomic E-state index is -3.73. The lowest BCUT2D eigenvalue weighted by atomic mass is 10.2. The van der Waals surface area contributed by atoms with Crippen molar-refractivity contribution >= 4 is 31.9 Å². The molecule has 158 valence electrons. The van der Waals surface area contributed by atoms with Crippen LogP contribution in [0.4, 0.5) is 0 Å².